The van der Waals surface area contributed by atoms with Crippen LogP contribution >= 0.6 is 11.8 Å². The standard InChI is InChI=1S/C11H24N2S/c1-3-4-10(7-12)8-13(2)11-5-6-14-9-11/h10-11H,3-9,12H2,1-2H3. The zero-order valence-electron chi connectivity index (χ0n) is 9.54. The molecule has 0 aliphatic carbocycles. The minimum Gasteiger partial charge on any atom is -0.330 e. The van der Waals surface area contributed by atoms with Crippen LogP contribution in [0.4, 0.5) is 0 Å². The Balaban J connectivity index is 2.25. The van der Waals surface area contributed by atoms with E-state index in [9.17, 15) is 0 Å². The number of nitrogens with two attached hydrogens (primary N) is 1. The van der Waals surface area contributed by atoms with Crippen LogP contribution in [0.25, 0.3) is 0 Å². The van der Waals surface area contributed by atoms with Gasteiger partial charge in [-0.1, -0.05) is 13.3 Å². The minimum atomic E-state index is 0.704. The summed E-state index contributed by atoms with van der Waals surface area (Å²) in [7, 11) is 2.26. The van der Waals surface area contributed by atoms with Crippen molar-refractivity contribution in [3.8, 4) is 0 Å². The quantitative estimate of drug-likeness (QED) is 0.734. The molecule has 3 heteroatoms. The molecule has 0 aromatic heterocycles. The number of rotatable bonds is 6. The van der Waals surface area contributed by atoms with Gasteiger partial charge in [0.15, 0.2) is 0 Å². The van der Waals surface area contributed by atoms with Crippen molar-refractivity contribution in [1.29, 1.82) is 0 Å². The molecule has 0 amide bonds. The van der Waals surface area contributed by atoms with Crippen molar-refractivity contribution in [3.63, 3.8) is 0 Å². The van der Waals surface area contributed by atoms with Crippen LogP contribution in [0.1, 0.15) is 26.2 Å². The van der Waals surface area contributed by atoms with Crippen LogP contribution in [0.2, 0.25) is 0 Å². The highest BCUT2D eigenvalue weighted by Gasteiger charge is 2.21. The largest absolute Gasteiger partial charge is 0.330 e. The van der Waals surface area contributed by atoms with Crippen LogP contribution < -0.4 is 5.73 Å². The first kappa shape index (κ1) is 12.3. The molecule has 0 bridgehead atoms. The van der Waals surface area contributed by atoms with E-state index in [1.54, 1.807) is 0 Å². The minimum absolute atomic E-state index is 0.704. The zero-order chi connectivity index (χ0) is 10.4. The monoisotopic (exact) mass is 216 g/mol. The number of hydrogen-bond acceptors (Lipinski definition) is 3. The van der Waals surface area contributed by atoms with E-state index in [1.807, 2.05) is 0 Å². The Morgan fingerprint density at radius 3 is 2.86 bits per heavy atom. The molecule has 0 spiro atoms. The van der Waals surface area contributed by atoms with Gasteiger partial charge in [0.2, 0.25) is 0 Å². The Hall–Kier alpha value is 0.270. The van der Waals surface area contributed by atoms with E-state index in [2.05, 4.69) is 30.6 Å². The van der Waals surface area contributed by atoms with Gasteiger partial charge < -0.3 is 10.6 Å². The summed E-state index contributed by atoms with van der Waals surface area (Å²) in [6.45, 7) is 4.28. The van der Waals surface area contributed by atoms with Gasteiger partial charge in [-0.2, -0.15) is 11.8 Å². The predicted octanol–water partition coefficient (Wildman–Crippen LogP) is 1.80. The van der Waals surface area contributed by atoms with Crippen LogP contribution in [0.5, 0.6) is 0 Å². The molecule has 1 rings (SSSR count). The molecule has 0 aromatic rings. The molecule has 2 N–H and O–H groups in total. The van der Waals surface area contributed by atoms with Crippen molar-refractivity contribution in [1.82, 2.24) is 4.90 Å². The van der Waals surface area contributed by atoms with E-state index in [0.29, 0.717) is 5.92 Å². The summed E-state index contributed by atoms with van der Waals surface area (Å²) in [5.41, 5.74) is 5.77. The van der Waals surface area contributed by atoms with Crippen LogP contribution in [0.3, 0.4) is 0 Å². The Morgan fingerprint density at radius 1 is 1.57 bits per heavy atom. The average molecular weight is 216 g/mol. The van der Waals surface area contributed by atoms with Gasteiger partial charge in [-0.25, -0.2) is 0 Å². The van der Waals surface area contributed by atoms with Gasteiger partial charge >= 0.3 is 0 Å². The zero-order valence-corrected chi connectivity index (χ0v) is 10.4. The summed E-state index contributed by atoms with van der Waals surface area (Å²) < 4.78 is 0. The van der Waals surface area contributed by atoms with E-state index < -0.39 is 0 Å². The Bertz CT molecular complexity index is 146. The van der Waals surface area contributed by atoms with Crippen molar-refractivity contribution in [2.24, 2.45) is 11.7 Å². The first-order valence-electron chi connectivity index (χ1n) is 5.76. The molecule has 1 heterocycles. The molecule has 84 valence electrons. The van der Waals surface area contributed by atoms with Gasteiger partial charge in [-0.05, 0) is 38.1 Å². The van der Waals surface area contributed by atoms with E-state index >= 15 is 0 Å². The Morgan fingerprint density at radius 2 is 2.36 bits per heavy atom. The lowest BCUT2D eigenvalue weighted by molar-refractivity contribution is 0.217. The lowest BCUT2D eigenvalue weighted by atomic mass is 10.0. The molecular formula is C11H24N2S. The van der Waals surface area contributed by atoms with Gasteiger partial charge in [0.25, 0.3) is 0 Å². The third-order valence-corrected chi connectivity index (χ3v) is 4.25. The second-order valence-corrected chi connectivity index (χ2v) is 5.50. The fourth-order valence-corrected chi connectivity index (χ4v) is 3.42. The van der Waals surface area contributed by atoms with E-state index in [-0.39, 0.29) is 0 Å². The molecular weight excluding hydrogens is 192 g/mol. The van der Waals surface area contributed by atoms with Crippen LogP contribution in [0, 0.1) is 5.92 Å². The Labute approximate surface area is 92.6 Å². The second-order valence-electron chi connectivity index (χ2n) is 4.35. The van der Waals surface area contributed by atoms with Gasteiger partial charge in [-0.15, -0.1) is 0 Å². The van der Waals surface area contributed by atoms with Gasteiger partial charge in [-0.3, -0.25) is 0 Å². The molecule has 2 unspecified atom stereocenters. The summed E-state index contributed by atoms with van der Waals surface area (Å²) >= 11 is 2.09. The third kappa shape index (κ3) is 3.79. The van der Waals surface area contributed by atoms with E-state index in [4.69, 9.17) is 5.73 Å². The molecule has 2 atom stereocenters. The Kier molecular flexibility index (Phi) is 5.90. The maximum absolute atomic E-state index is 5.77. The second kappa shape index (κ2) is 6.70. The highest BCUT2D eigenvalue weighted by atomic mass is 32.2. The summed E-state index contributed by atoms with van der Waals surface area (Å²) in [4.78, 5) is 2.52. The molecule has 0 radical (unpaired) electrons. The van der Waals surface area contributed by atoms with Crippen molar-refractivity contribution in [2.45, 2.75) is 32.2 Å². The maximum Gasteiger partial charge on any atom is 0.0191 e. The van der Waals surface area contributed by atoms with Crippen LogP contribution in [-0.2, 0) is 0 Å². The molecule has 1 aliphatic heterocycles. The highest BCUT2D eigenvalue weighted by Crippen LogP contribution is 2.22. The van der Waals surface area contributed by atoms with Gasteiger partial charge in [0.05, 0.1) is 0 Å². The van der Waals surface area contributed by atoms with Crippen molar-refractivity contribution in [3.05, 3.63) is 0 Å². The van der Waals surface area contributed by atoms with E-state index in [1.165, 1.54) is 37.3 Å². The fourth-order valence-electron chi connectivity index (χ4n) is 2.12. The van der Waals surface area contributed by atoms with E-state index in [0.717, 1.165) is 12.6 Å². The predicted molar refractivity (Wildman–Crippen MR) is 65.8 cm³/mol. The molecule has 0 aromatic carbocycles. The smallest absolute Gasteiger partial charge is 0.0191 e. The topological polar surface area (TPSA) is 29.3 Å². The lowest BCUT2D eigenvalue weighted by Crippen LogP contribution is -2.37. The first-order chi connectivity index (χ1) is 6.77. The molecule has 14 heavy (non-hydrogen) atoms. The third-order valence-electron chi connectivity index (χ3n) is 3.11. The SMILES string of the molecule is CCCC(CN)CN(C)C1CCSC1. The molecule has 1 saturated heterocycles. The normalized spacial score (nSPS) is 24.4. The van der Waals surface area contributed by atoms with Gasteiger partial charge in [0.1, 0.15) is 0 Å². The van der Waals surface area contributed by atoms with Crippen LogP contribution in [-0.4, -0.2) is 42.6 Å². The summed E-state index contributed by atoms with van der Waals surface area (Å²) in [5, 5.41) is 0. The van der Waals surface area contributed by atoms with Crippen molar-refractivity contribution >= 4 is 11.8 Å². The maximum atomic E-state index is 5.77. The summed E-state index contributed by atoms with van der Waals surface area (Å²) in [5.74, 6) is 3.37. The first-order valence-corrected chi connectivity index (χ1v) is 6.91. The number of nitrogens with zero attached hydrogens (tertiary/aromatic N) is 1. The molecule has 2 nitrogen and oxygen atoms in total. The summed E-state index contributed by atoms with van der Waals surface area (Å²) in [6, 6.07) is 0.811. The number of hydrogen-bond donors (Lipinski definition) is 1. The fraction of sp³-hybridized carbons (Fsp3) is 1.00. The van der Waals surface area contributed by atoms with Crippen molar-refractivity contribution < 1.29 is 0 Å². The summed E-state index contributed by atoms with van der Waals surface area (Å²) in [6.07, 6.45) is 3.90. The van der Waals surface area contributed by atoms with Crippen LogP contribution in [0.15, 0.2) is 0 Å². The van der Waals surface area contributed by atoms with Gasteiger partial charge in [0, 0.05) is 18.3 Å². The van der Waals surface area contributed by atoms with Crippen molar-refractivity contribution in [2.75, 3.05) is 31.6 Å². The lowest BCUT2D eigenvalue weighted by Gasteiger charge is -2.27. The molecule has 0 saturated carbocycles. The average Bonchev–Trinajstić information content (AvgIpc) is 2.69. The number of thioether (sulfide) groups is 1. The molecule has 1 fully saturated rings. The highest BCUT2D eigenvalue weighted by molar-refractivity contribution is 7.99. The molecule has 1 aliphatic rings.